The van der Waals surface area contributed by atoms with Gasteiger partial charge in [-0.25, -0.2) is 0 Å². The summed E-state index contributed by atoms with van der Waals surface area (Å²) in [5.41, 5.74) is 0.747. The number of hydrogen-bond acceptors (Lipinski definition) is 5. The summed E-state index contributed by atoms with van der Waals surface area (Å²) < 4.78 is 0. The van der Waals surface area contributed by atoms with Crippen LogP contribution in [0, 0.1) is 16.0 Å². The third-order valence-corrected chi connectivity index (χ3v) is 3.92. The number of nitrogens with zero attached hydrogens (tertiary/aromatic N) is 2. The van der Waals surface area contributed by atoms with E-state index in [2.05, 4.69) is 20.8 Å². The minimum atomic E-state index is -0.484. The van der Waals surface area contributed by atoms with E-state index in [9.17, 15) is 14.9 Å². The molecule has 0 bridgehead atoms. The smallest absolute Gasteiger partial charge is 0.272 e. The van der Waals surface area contributed by atoms with E-state index >= 15 is 0 Å². The normalized spacial score (nSPS) is 17.5. The van der Waals surface area contributed by atoms with Crippen molar-refractivity contribution in [1.82, 2.24) is 20.8 Å². The number of hydrogen-bond donors (Lipinski definition) is 3. The largest absolute Gasteiger partial charge is 0.350 e. The van der Waals surface area contributed by atoms with E-state index in [1.54, 1.807) is 6.07 Å². The molecule has 1 amide bonds. The molecule has 1 fully saturated rings. The van der Waals surface area contributed by atoms with E-state index in [0.29, 0.717) is 23.4 Å². The van der Waals surface area contributed by atoms with Crippen molar-refractivity contribution in [3.63, 3.8) is 0 Å². The van der Waals surface area contributed by atoms with Crippen LogP contribution in [-0.2, 0) is 0 Å². The van der Waals surface area contributed by atoms with Crippen LogP contribution in [0.5, 0.6) is 0 Å². The highest BCUT2D eigenvalue weighted by atomic mass is 35.5. The summed E-state index contributed by atoms with van der Waals surface area (Å²) in [6.45, 7) is 2.50. The van der Waals surface area contributed by atoms with Crippen LogP contribution < -0.4 is 10.6 Å². The quantitative estimate of drug-likeness (QED) is 0.578. The van der Waals surface area contributed by atoms with Crippen LogP contribution >= 0.6 is 12.4 Å². The van der Waals surface area contributed by atoms with Gasteiger partial charge in [0.2, 0.25) is 0 Å². The first-order chi connectivity index (χ1) is 10.6. The Kier molecular flexibility index (Phi) is 5.51. The standard InChI is InChI=1S/C14H17N5O3.ClH/c20-14(16-8-9-2-1-5-15-7-9)13-11-6-10(19(21)22)3-4-12(11)17-18-13;/h3-4,6,9,15H,1-2,5,7-8H2,(H,16,20)(H,17,18);1H. The summed E-state index contributed by atoms with van der Waals surface area (Å²) in [6.07, 6.45) is 2.19. The lowest BCUT2D eigenvalue weighted by Gasteiger charge is -2.22. The minimum absolute atomic E-state index is 0. The lowest BCUT2D eigenvalue weighted by molar-refractivity contribution is -0.384. The highest BCUT2D eigenvalue weighted by molar-refractivity contribution is 6.05. The molecule has 0 saturated carbocycles. The first kappa shape index (κ1) is 17.2. The maximum absolute atomic E-state index is 12.3. The summed E-state index contributed by atoms with van der Waals surface area (Å²) in [4.78, 5) is 22.6. The Morgan fingerprint density at radius 2 is 2.30 bits per heavy atom. The third kappa shape index (κ3) is 3.77. The van der Waals surface area contributed by atoms with Gasteiger partial charge in [0, 0.05) is 24.1 Å². The predicted molar refractivity (Wildman–Crippen MR) is 87.9 cm³/mol. The van der Waals surface area contributed by atoms with Crippen LogP contribution in [0.4, 0.5) is 5.69 Å². The lowest BCUT2D eigenvalue weighted by Crippen LogP contribution is -2.38. The lowest BCUT2D eigenvalue weighted by atomic mass is 10.00. The maximum Gasteiger partial charge on any atom is 0.272 e. The second-order valence-corrected chi connectivity index (χ2v) is 5.48. The molecule has 9 heteroatoms. The van der Waals surface area contributed by atoms with Gasteiger partial charge in [-0.05, 0) is 37.9 Å². The molecule has 0 aliphatic carbocycles. The zero-order chi connectivity index (χ0) is 15.5. The maximum atomic E-state index is 12.3. The van der Waals surface area contributed by atoms with Gasteiger partial charge in [0.15, 0.2) is 5.69 Å². The van der Waals surface area contributed by atoms with Crippen LogP contribution in [0.2, 0.25) is 0 Å². The Hall–Kier alpha value is -2.19. The van der Waals surface area contributed by atoms with Crippen LogP contribution in [0.3, 0.4) is 0 Å². The number of nitro groups is 1. The number of nitro benzene ring substituents is 1. The van der Waals surface area contributed by atoms with Crippen molar-refractivity contribution < 1.29 is 9.72 Å². The fourth-order valence-corrected chi connectivity index (χ4v) is 2.71. The molecule has 2 heterocycles. The van der Waals surface area contributed by atoms with Crippen LogP contribution in [0.15, 0.2) is 18.2 Å². The highest BCUT2D eigenvalue weighted by Crippen LogP contribution is 2.22. The molecule has 0 radical (unpaired) electrons. The number of piperidine rings is 1. The van der Waals surface area contributed by atoms with Gasteiger partial charge in [-0.2, -0.15) is 5.10 Å². The molecule has 1 saturated heterocycles. The van der Waals surface area contributed by atoms with E-state index in [1.165, 1.54) is 12.1 Å². The zero-order valence-electron chi connectivity index (χ0n) is 12.4. The molecular formula is C14H18ClN5O3. The molecule has 8 nitrogen and oxygen atoms in total. The molecule has 1 unspecified atom stereocenters. The average molecular weight is 340 g/mol. The van der Waals surface area contributed by atoms with Gasteiger partial charge in [0.1, 0.15) is 0 Å². The SMILES string of the molecule is Cl.O=C(NCC1CCCNC1)c1n[nH]c2ccc([N+](=O)[O-])cc12. The Morgan fingerprint density at radius 3 is 3.00 bits per heavy atom. The number of benzene rings is 1. The van der Waals surface area contributed by atoms with Crippen molar-refractivity contribution >= 4 is 34.9 Å². The Balaban J connectivity index is 0.00000192. The van der Waals surface area contributed by atoms with Gasteiger partial charge < -0.3 is 10.6 Å². The monoisotopic (exact) mass is 339 g/mol. The summed E-state index contributed by atoms with van der Waals surface area (Å²) >= 11 is 0. The van der Waals surface area contributed by atoms with Crippen molar-refractivity contribution in [3.8, 4) is 0 Å². The average Bonchev–Trinajstić information content (AvgIpc) is 2.96. The number of amides is 1. The summed E-state index contributed by atoms with van der Waals surface area (Å²) in [5, 5.41) is 24.2. The zero-order valence-corrected chi connectivity index (χ0v) is 13.2. The van der Waals surface area contributed by atoms with Gasteiger partial charge in [0.05, 0.1) is 10.4 Å². The Bertz CT molecular complexity index is 712. The molecule has 23 heavy (non-hydrogen) atoms. The van der Waals surface area contributed by atoms with Crippen molar-refractivity contribution in [3.05, 3.63) is 34.0 Å². The van der Waals surface area contributed by atoms with Gasteiger partial charge >= 0.3 is 0 Å². The van der Waals surface area contributed by atoms with Crippen molar-refractivity contribution in [2.45, 2.75) is 12.8 Å². The fraction of sp³-hybridized carbons (Fsp3) is 0.429. The van der Waals surface area contributed by atoms with Gasteiger partial charge in [-0.3, -0.25) is 20.0 Å². The fourth-order valence-electron chi connectivity index (χ4n) is 2.71. The van der Waals surface area contributed by atoms with E-state index in [-0.39, 0.29) is 29.7 Å². The second-order valence-electron chi connectivity index (χ2n) is 5.48. The molecule has 1 aromatic carbocycles. The van der Waals surface area contributed by atoms with E-state index in [1.807, 2.05) is 0 Å². The second kappa shape index (κ2) is 7.38. The Morgan fingerprint density at radius 1 is 1.48 bits per heavy atom. The molecule has 1 atom stereocenters. The minimum Gasteiger partial charge on any atom is -0.350 e. The van der Waals surface area contributed by atoms with Gasteiger partial charge in [-0.15, -0.1) is 12.4 Å². The first-order valence-electron chi connectivity index (χ1n) is 7.26. The molecule has 1 aliphatic rings. The molecule has 3 N–H and O–H groups in total. The molecule has 1 aliphatic heterocycles. The Labute approximate surface area is 138 Å². The number of rotatable bonds is 4. The first-order valence-corrected chi connectivity index (χ1v) is 7.26. The number of aromatic nitrogens is 2. The number of halogens is 1. The van der Waals surface area contributed by atoms with Crippen molar-refractivity contribution in [2.24, 2.45) is 5.92 Å². The molecule has 2 aromatic rings. The molecular weight excluding hydrogens is 322 g/mol. The highest BCUT2D eigenvalue weighted by Gasteiger charge is 2.19. The number of non-ortho nitro benzene ring substituents is 1. The number of carbonyl (C=O) groups excluding carboxylic acids is 1. The number of aromatic amines is 1. The van der Waals surface area contributed by atoms with E-state index < -0.39 is 4.92 Å². The number of carbonyl (C=O) groups is 1. The van der Waals surface area contributed by atoms with E-state index in [0.717, 1.165) is 25.9 Å². The van der Waals surface area contributed by atoms with Crippen molar-refractivity contribution in [1.29, 1.82) is 0 Å². The molecule has 3 rings (SSSR count). The number of nitrogens with one attached hydrogen (secondary N) is 3. The molecule has 1 aromatic heterocycles. The van der Waals surface area contributed by atoms with Crippen LogP contribution in [0.25, 0.3) is 10.9 Å². The van der Waals surface area contributed by atoms with Crippen LogP contribution in [0.1, 0.15) is 23.3 Å². The van der Waals surface area contributed by atoms with E-state index in [4.69, 9.17) is 0 Å². The van der Waals surface area contributed by atoms with Gasteiger partial charge in [0.25, 0.3) is 11.6 Å². The van der Waals surface area contributed by atoms with Crippen LogP contribution in [-0.4, -0.2) is 40.7 Å². The predicted octanol–water partition coefficient (Wildman–Crippen LogP) is 1.62. The number of H-pyrrole nitrogens is 1. The molecule has 124 valence electrons. The topological polar surface area (TPSA) is 113 Å². The third-order valence-electron chi connectivity index (χ3n) is 3.92. The van der Waals surface area contributed by atoms with Crippen molar-refractivity contribution in [2.75, 3.05) is 19.6 Å². The summed E-state index contributed by atoms with van der Waals surface area (Å²) in [6, 6.07) is 4.31. The van der Waals surface area contributed by atoms with Gasteiger partial charge in [-0.1, -0.05) is 0 Å². The summed E-state index contributed by atoms with van der Waals surface area (Å²) in [5.74, 6) is 0.106. The summed E-state index contributed by atoms with van der Waals surface area (Å²) in [7, 11) is 0. The molecule has 0 spiro atoms. The number of fused-ring (bicyclic) bond motifs is 1.